The first-order chi connectivity index (χ1) is 25.8. The molecule has 0 aliphatic carbocycles. The van der Waals surface area contributed by atoms with Crippen molar-refractivity contribution in [2.75, 3.05) is 5.32 Å². The van der Waals surface area contributed by atoms with E-state index in [0.717, 1.165) is 18.7 Å². The van der Waals surface area contributed by atoms with Crippen molar-refractivity contribution in [3.8, 4) is 39.1 Å². The Labute approximate surface area is 306 Å². The van der Waals surface area contributed by atoms with Crippen LogP contribution in [0.25, 0.3) is 81.0 Å². The SMILES string of the molecule is B1c2cc3sc4ccccc4c3cc2-n2c3ccccc3c3c(-c4ccccc4-c4ccccc4)cc(-c4ccccc4Nc4ccccc4)c1c32. The molecular weight excluding hydrogens is 647 g/mol. The summed E-state index contributed by atoms with van der Waals surface area (Å²) in [5.41, 5.74) is 16.1. The molecule has 0 saturated heterocycles. The van der Waals surface area contributed by atoms with Crippen LogP contribution in [-0.4, -0.2) is 11.8 Å². The Bertz CT molecular complexity index is 3010. The molecule has 0 spiro atoms. The third-order valence-electron chi connectivity index (χ3n) is 10.8. The minimum atomic E-state index is 0.849. The first-order valence-electron chi connectivity index (χ1n) is 17.9. The lowest BCUT2D eigenvalue weighted by Crippen LogP contribution is -2.37. The molecule has 4 heteroatoms. The monoisotopic (exact) mass is 678 g/mol. The molecule has 8 aromatic carbocycles. The largest absolute Gasteiger partial charge is 0.355 e. The Morgan fingerprint density at radius 3 is 2.00 bits per heavy atom. The van der Waals surface area contributed by atoms with Crippen molar-refractivity contribution in [1.29, 1.82) is 0 Å². The van der Waals surface area contributed by atoms with Gasteiger partial charge < -0.3 is 9.88 Å². The molecule has 1 aliphatic rings. The summed E-state index contributed by atoms with van der Waals surface area (Å²) in [6.45, 7) is 0. The number of anilines is 2. The molecule has 0 unspecified atom stereocenters. The zero-order chi connectivity index (χ0) is 34.2. The fourth-order valence-electron chi connectivity index (χ4n) is 8.55. The van der Waals surface area contributed by atoms with Crippen LogP contribution in [0.2, 0.25) is 0 Å². The Balaban J connectivity index is 1.28. The summed E-state index contributed by atoms with van der Waals surface area (Å²) in [7, 11) is 0.849. The molecular formula is C48H31BN2S. The Morgan fingerprint density at radius 2 is 1.15 bits per heavy atom. The van der Waals surface area contributed by atoms with E-state index in [9.17, 15) is 0 Å². The lowest BCUT2D eigenvalue weighted by molar-refractivity contribution is 1.20. The third-order valence-corrected chi connectivity index (χ3v) is 11.9. The van der Waals surface area contributed by atoms with Crippen LogP contribution < -0.4 is 16.2 Å². The summed E-state index contributed by atoms with van der Waals surface area (Å²) >= 11 is 1.90. The first kappa shape index (κ1) is 29.4. The van der Waals surface area contributed by atoms with Crippen molar-refractivity contribution in [3.05, 3.63) is 176 Å². The summed E-state index contributed by atoms with van der Waals surface area (Å²) in [5, 5.41) is 9.03. The van der Waals surface area contributed by atoms with Crippen LogP contribution in [0.5, 0.6) is 0 Å². The second-order valence-electron chi connectivity index (χ2n) is 13.7. The standard InChI is InChI=1S/C48H31BN2S/c1-3-15-30(16-4-1)32-19-7-8-20-33(32)38-27-39(34-21-9-12-24-41(34)50-31-17-5-2-6-18-31)47-48-46(38)36-23-10-13-25-42(36)51(48)43-28-37-35-22-11-14-26-44(35)52-45(37)29-40(43)49-47/h1-29,49-50H. The van der Waals surface area contributed by atoms with E-state index in [0.29, 0.717) is 0 Å². The second-order valence-corrected chi connectivity index (χ2v) is 14.8. The maximum absolute atomic E-state index is 3.78. The number of rotatable bonds is 5. The molecule has 10 aromatic rings. The Morgan fingerprint density at radius 1 is 0.481 bits per heavy atom. The second kappa shape index (κ2) is 11.6. The first-order valence-corrected chi connectivity index (χ1v) is 18.7. The zero-order valence-corrected chi connectivity index (χ0v) is 29.1. The van der Waals surface area contributed by atoms with E-state index in [1.165, 1.54) is 92.0 Å². The Kier molecular flexibility index (Phi) is 6.55. The van der Waals surface area contributed by atoms with Gasteiger partial charge in [-0.15, -0.1) is 11.3 Å². The van der Waals surface area contributed by atoms with Crippen molar-refractivity contribution >= 4 is 82.9 Å². The molecule has 11 rings (SSSR count). The average molecular weight is 679 g/mol. The summed E-state index contributed by atoms with van der Waals surface area (Å²) in [6, 6.07) is 64.3. The summed E-state index contributed by atoms with van der Waals surface area (Å²) in [6.07, 6.45) is 0. The molecule has 3 heterocycles. The maximum Gasteiger partial charge on any atom is 0.198 e. The number of para-hydroxylation sites is 3. The molecule has 2 nitrogen and oxygen atoms in total. The fraction of sp³-hybridized carbons (Fsp3) is 0. The van der Waals surface area contributed by atoms with E-state index >= 15 is 0 Å². The molecule has 0 atom stereocenters. The quantitative estimate of drug-likeness (QED) is 0.179. The van der Waals surface area contributed by atoms with Crippen LogP contribution in [0, 0.1) is 0 Å². The predicted molar refractivity (Wildman–Crippen MR) is 226 cm³/mol. The molecule has 1 aliphatic heterocycles. The molecule has 1 N–H and O–H groups in total. The van der Waals surface area contributed by atoms with Gasteiger partial charge in [0.2, 0.25) is 0 Å². The van der Waals surface area contributed by atoms with Gasteiger partial charge in [-0.05, 0) is 81.8 Å². The van der Waals surface area contributed by atoms with Gasteiger partial charge in [-0.25, -0.2) is 0 Å². The molecule has 0 radical (unpaired) electrons. The fourth-order valence-corrected chi connectivity index (χ4v) is 9.70. The lowest BCUT2D eigenvalue weighted by atomic mass is 9.58. The number of hydrogen-bond donors (Lipinski definition) is 1. The highest BCUT2D eigenvalue weighted by atomic mass is 32.1. The number of nitrogens with zero attached hydrogens (tertiary/aromatic N) is 1. The molecule has 0 amide bonds. The van der Waals surface area contributed by atoms with Crippen molar-refractivity contribution in [2.45, 2.75) is 0 Å². The van der Waals surface area contributed by atoms with Crippen LogP contribution in [-0.2, 0) is 0 Å². The lowest BCUT2D eigenvalue weighted by Gasteiger charge is -2.25. The number of hydrogen-bond acceptors (Lipinski definition) is 2. The van der Waals surface area contributed by atoms with E-state index < -0.39 is 0 Å². The van der Waals surface area contributed by atoms with Crippen LogP contribution in [0.4, 0.5) is 11.4 Å². The van der Waals surface area contributed by atoms with Gasteiger partial charge in [0.15, 0.2) is 7.28 Å². The molecule has 0 bridgehead atoms. The van der Waals surface area contributed by atoms with Gasteiger partial charge in [-0.2, -0.15) is 0 Å². The van der Waals surface area contributed by atoms with Crippen molar-refractivity contribution in [3.63, 3.8) is 0 Å². The zero-order valence-electron chi connectivity index (χ0n) is 28.3. The van der Waals surface area contributed by atoms with Crippen molar-refractivity contribution < 1.29 is 0 Å². The highest BCUT2D eigenvalue weighted by Gasteiger charge is 2.30. The highest BCUT2D eigenvalue weighted by molar-refractivity contribution is 7.26. The van der Waals surface area contributed by atoms with Crippen molar-refractivity contribution in [1.82, 2.24) is 4.57 Å². The highest BCUT2D eigenvalue weighted by Crippen LogP contribution is 2.46. The third kappa shape index (κ3) is 4.44. The number of fused-ring (bicyclic) bond motifs is 8. The van der Waals surface area contributed by atoms with Gasteiger partial charge in [0.05, 0.1) is 5.52 Å². The average Bonchev–Trinajstić information content (AvgIpc) is 3.75. The van der Waals surface area contributed by atoms with Gasteiger partial charge in [0.25, 0.3) is 0 Å². The van der Waals surface area contributed by atoms with Gasteiger partial charge in [0.1, 0.15) is 0 Å². The van der Waals surface area contributed by atoms with Crippen LogP contribution in [0.15, 0.2) is 176 Å². The minimum Gasteiger partial charge on any atom is -0.355 e. The molecule has 0 fully saturated rings. The smallest absolute Gasteiger partial charge is 0.198 e. The summed E-state index contributed by atoms with van der Waals surface area (Å²) in [4.78, 5) is 0. The van der Waals surface area contributed by atoms with Gasteiger partial charge in [-0.3, -0.25) is 0 Å². The number of aromatic nitrogens is 1. The molecule has 52 heavy (non-hydrogen) atoms. The van der Waals surface area contributed by atoms with Gasteiger partial charge >= 0.3 is 0 Å². The number of thiophene rings is 1. The summed E-state index contributed by atoms with van der Waals surface area (Å²) < 4.78 is 5.26. The maximum atomic E-state index is 3.78. The van der Waals surface area contributed by atoms with Gasteiger partial charge in [-0.1, -0.05) is 133 Å². The minimum absolute atomic E-state index is 0.849. The molecule has 2 aromatic heterocycles. The Hall–Kier alpha value is -6.36. The van der Waals surface area contributed by atoms with Crippen LogP contribution in [0.1, 0.15) is 0 Å². The predicted octanol–water partition coefficient (Wildman–Crippen LogP) is 11.6. The number of benzene rings is 8. The van der Waals surface area contributed by atoms with Crippen LogP contribution >= 0.6 is 11.3 Å². The van der Waals surface area contributed by atoms with E-state index in [1.54, 1.807) is 0 Å². The van der Waals surface area contributed by atoms with E-state index in [-0.39, 0.29) is 0 Å². The topological polar surface area (TPSA) is 17.0 Å². The van der Waals surface area contributed by atoms with Gasteiger partial charge in [0, 0.05) is 59.1 Å². The van der Waals surface area contributed by atoms with Crippen LogP contribution in [0.3, 0.4) is 0 Å². The number of nitrogens with one attached hydrogen (secondary N) is 1. The molecule has 242 valence electrons. The van der Waals surface area contributed by atoms with E-state index in [2.05, 4.69) is 186 Å². The van der Waals surface area contributed by atoms with E-state index in [1.807, 2.05) is 11.3 Å². The van der Waals surface area contributed by atoms with Crippen molar-refractivity contribution in [2.24, 2.45) is 0 Å². The molecule has 0 saturated carbocycles. The van der Waals surface area contributed by atoms with E-state index in [4.69, 9.17) is 0 Å². The normalized spacial score (nSPS) is 12.0. The summed E-state index contributed by atoms with van der Waals surface area (Å²) in [5.74, 6) is 0.